The van der Waals surface area contributed by atoms with Gasteiger partial charge in [0.2, 0.25) is 0 Å². The van der Waals surface area contributed by atoms with Crippen LogP contribution in [0.15, 0.2) is 115 Å². The van der Waals surface area contributed by atoms with E-state index in [4.69, 9.17) is 9.47 Å². The molecule has 54 heavy (non-hydrogen) atoms. The van der Waals surface area contributed by atoms with Gasteiger partial charge in [0.05, 0.1) is 30.0 Å². The van der Waals surface area contributed by atoms with Gasteiger partial charge in [-0.15, -0.1) is 20.5 Å². The zero-order valence-electron chi connectivity index (χ0n) is 27.6. The van der Waals surface area contributed by atoms with Crippen LogP contribution in [0.2, 0.25) is 0 Å². The fourth-order valence-corrected chi connectivity index (χ4v) is 6.87. The summed E-state index contributed by atoms with van der Waals surface area (Å²) in [5.74, 6) is -3.54. The maximum absolute atomic E-state index is 12.1. The van der Waals surface area contributed by atoms with Crippen LogP contribution in [-0.4, -0.2) is 61.4 Å². The Kier molecular flexibility index (Phi) is 9.65. The third-order valence-corrected chi connectivity index (χ3v) is 9.83. The van der Waals surface area contributed by atoms with E-state index in [0.717, 1.165) is 24.3 Å². The summed E-state index contributed by atoms with van der Waals surface area (Å²) in [6, 6.07) is 18.5. The molecule has 19 heteroatoms. The number of hydrogen-bond acceptors (Lipinski definition) is 17. The Morgan fingerprint density at radius 3 is 1.69 bits per heavy atom. The van der Waals surface area contributed by atoms with Gasteiger partial charge in [0, 0.05) is 21.7 Å². The zero-order valence-corrected chi connectivity index (χ0v) is 29.2. The number of hydrogen-bond donors (Lipinski definition) is 3. The molecule has 6 aromatic rings. The van der Waals surface area contributed by atoms with Crippen LogP contribution in [-0.2, 0) is 20.2 Å². The Balaban J connectivity index is 1.35. The fourth-order valence-electron chi connectivity index (χ4n) is 5.52. The molecule has 0 spiro atoms. The zero-order chi connectivity index (χ0) is 39.1. The minimum atomic E-state index is -5.30. The van der Waals surface area contributed by atoms with Gasteiger partial charge in [0.25, 0.3) is 0 Å². The number of methoxy groups -OCH3 is 2. The Bertz CT molecular complexity index is 2820. The molecular formula is C35H23N4O13S2-3. The van der Waals surface area contributed by atoms with Crippen molar-refractivity contribution >= 4 is 70.5 Å². The summed E-state index contributed by atoms with van der Waals surface area (Å²) in [7, 11) is -7.56. The summed E-state index contributed by atoms with van der Waals surface area (Å²) in [6.45, 7) is 0. The Labute approximate surface area is 305 Å². The highest BCUT2D eigenvalue weighted by Crippen LogP contribution is 2.45. The number of ether oxygens (including phenoxy) is 2. The summed E-state index contributed by atoms with van der Waals surface area (Å²) in [6.07, 6.45) is 0. The minimum absolute atomic E-state index is 0.0252. The fraction of sp³-hybridized carbons (Fsp3) is 0.0571. The smallest absolute Gasteiger partial charge is 0.152 e. The molecule has 0 aliphatic carbocycles. The Hall–Kier alpha value is -6.67. The van der Waals surface area contributed by atoms with Crippen molar-refractivity contribution in [1.82, 2.24) is 0 Å². The van der Waals surface area contributed by atoms with Crippen LogP contribution in [0.1, 0.15) is 10.4 Å². The van der Waals surface area contributed by atoms with Gasteiger partial charge in [-0.05, 0) is 65.0 Å². The Morgan fingerprint density at radius 1 is 0.611 bits per heavy atom. The first-order valence-electron chi connectivity index (χ1n) is 15.1. The maximum Gasteiger partial charge on any atom is 0.152 e. The van der Waals surface area contributed by atoms with Crippen molar-refractivity contribution in [1.29, 1.82) is 0 Å². The van der Waals surface area contributed by atoms with E-state index in [9.17, 15) is 51.2 Å². The van der Waals surface area contributed by atoms with Crippen LogP contribution in [0.3, 0.4) is 0 Å². The number of benzene rings is 6. The molecule has 276 valence electrons. The number of carbonyl (C=O) groups is 1. The lowest BCUT2D eigenvalue weighted by Crippen LogP contribution is -2.22. The number of fused-ring (bicyclic) bond motifs is 2. The second-order valence-corrected chi connectivity index (χ2v) is 14.0. The standard InChI is InChI=1S/C35H26N4O13S2/c1-51-28-12-17(7-9-24(28)36-38-26-16-30(53(45,46)47)20-5-3-4-6-21(20)33(26)41)18-8-10-25(29(13-18)52-2)37-39-32-31(54(48,49)50)14-19-11-23(35(43)44)27(40)15-22(19)34(32)42/h3-16,40-42H,1-2H3,(H,43,44)(H,45,46,47)(H,48,49,50)/p-3. The number of aromatic carboxylic acids is 1. The van der Waals surface area contributed by atoms with Crippen LogP contribution in [0.25, 0.3) is 32.7 Å². The third kappa shape index (κ3) is 7.06. The number of carboxylic acid groups (broad SMARTS) is 1. The number of rotatable bonds is 10. The second kappa shape index (κ2) is 14.0. The summed E-state index contributed by atoms with van der Waals surface area (Å²) in [4.78, 5) is 9.73. The molecular weight excluding hydrogens is 749 g/mol. The van der Waals surface area contributed by atoms with Gasteiger partial charge >= 0.3 is 0 Å². The lowest BCUT2D eigenvalue weighted by Gasteiger charge is -2.15. The minimum Gasteiger partial charge on any atom is -0.744 e. The maximum atomic E-state index is 12.1. The third-order valence-electron chi connectivity index (χ3n) is 8.10. The summed E-state index contributed by atoms with van der Waals surface area (Å²) in [5.41, 5.74) is -0.462. The first-order chi connectivity index (χ1) is 25.5. The van der Waals surface area contributed by atoms with Crippen LogP contribution in [0.4, 0.5) is 22.7 Å². The molecule has 0 unspecified atom stereocenters. The van der Waals surface area contributed by atoms with E-state index in [2.05, 4.69) is 20.5 Å². The van der Waals surface area contributed by atoms with E-state index >= 15 is 0 Å². The van der Waals surface area contributed by atoms with Crippen molar-refractivity contribution in [3.05, 3.63) is 90.5 Å². The number of phenols is 3. The number of carboxylic acids is 1. The van der Waals surface area contributed by atoms with Crippen molar-refractivity contribution in [2.75, 3.05) is 14.2 Å². The summed E-state index contributed by atoms with van der Waals surface area (Å²) >= 11 is 0. The Morgan fingerprint density at radius 2 is 1.15 bits per heavy atom. The summed E-state index contributed by atoms with van der Waals surface area (Å²) < 4.78 is 83.2. The average Bonchev–Trinajstić information content (AvgIpc) is 3.13. The highest BCUT2D eigenvalue weighted by molar-refractivity contribution is 7.86. The highest BCUT2D eigenvalue weighted by atomic mass is 32.2. The van der Waals surface area contributed by atoms with Crippen molar-refractivity contribution in [3.63, 3.8) is 0 Å². The first-order valence-corrected chi connectivity index (χ1v) is 17.9. The lowest BCUT2D eigenvalue weighted by atomic mass is 10.0. The van der Waals surface area contributed by atoms with E-state index in [1.54, 1.807) is 24.3 Å². The number of azo groups is 2. The van der Waals surface area contributed by atoms with Crippen molar-refractivity contribution in [3.8, 4) is 39.9 Å². The molecule has 0 radical (unpaired) electrons. The molecule has 6 rings (SSSR count). The van der Waals surface area contributed by atoms with Gasteiger partial charge in [-0.1, -0.05) is 36.4 Å². The van der Waals surface area contributed by atoms with Gasteiger partial charge in [-0.25, -0.2) is 16.8 Å². The molecule has 0 heterocycles. The van der Waals surface area contributed by atoms with Crippen molar-refractivity contribution < 1.29 is 60.6 Å². The normalized spacial score (nSPS) is 12.2. The molecule has 0 aliphatic heterocycles. The predicted molar refractivity (Wildman–Crippen MR) is 186 cm³/mol. The molecule has 3 N–H and O–H groups in total. The van der Waals surface area contributed by atoms with E-state index in [1.807, 2.05) is 0 Å². The number of aromatic hydroxyl groups is 3. The van der Waals surface area contributed by atoms with Crippen LogP contribution < -0.4 is 14.6 Å². The number of nitrogens with zero attached hydrogens (tertiary/aromatic N) is 4. The van der Waals surface area contributed by atoms with E-state index < -0.39 is 64.5 Å². The van der Waals surface area contributed by atoms with Gasteiger partial charge < -0.3 is 43.8 Å². The molecule has 0 amide bonds. The first kappa shape index (κ1) is 37.1. The van der Waals surface area contributed by atoms with Gasteiger partial charge in [0.15, 0.2) is 11.5 Å². The predicted octanol–water partition coefficient (Wildman–Crippen LogP) is 5.80. The number of carbonyl (C=O) groups excluding carboxylic acids is 1. The molecule has 0 bridgehead atoms. The molecule has 0 fully saturated rings. The van der Waals surface area contributed by atoms with Gasteiger partial charge in [-0.2, -0.15) is 0 Å². The van der Waals surface area contributed by atoms with Crippen LogP contribution in [0.5, 0.6) is 28.7 Å². The van der Waals surface area contributed by atoms with E-state index in [1.165, 1.54) is 50.6 Å². The lowest BCUT2D eigenvalue weighted by molar-refractivity contribution is -0.255. The monoisotopic (exact) mass is 771 g/mol. The van der Waals surface area contributed by atoms with Crippen molar-refractivity contribution in [2.24, 2.45) is 20.5 Å². The second-order valence-electron chi connectivity index (χ2n) is 11.3. The van der Waals surface area contributed by atoms with Crippen LogP contribution >= 0.6 is 0 Å². The molecule has 0 saturated heterocycles. The largest absolute Gasteiger partial charge is 0.744 e. The summed E-state index contributed by atoms with van der Waals surface area (Å²) in [5, 5.41) is 58.6. The highest BCUT2D eigenvalue weighted by Gasteiger charge is 2.20. The van der Waals surface area contributed by atoms with Gasteiger partial charge in [0.1, 0.15) is 60.2 Å². The van der Waals surface area contributed by atoms with Crippen LogP contribution in [0, 0.1) is 0 Å². The molecule has 17 nitrogen and oxygen atoms in total. The quantitative estimate of drug-likeness (QED) is 0.110. The average molecular weight is 772 g/mol. The molecule has 0 atom stereocenters. The molecule has 0 aliphatic rings. The van der Waals surface area contributed by atoms with Gasteiger partial charge in [-0.3, -0.25) is 0 Å². The van der Waals surface area contributed by atoms with E-state index in [-0.39, 0.29) is 50.1 Å². The molecule has 0 aromatic heterocycles. The van der Waals surface area contributed by atoms with E-state index in [0.29, 0.717) is 11.1 Å². The molecule has 0 saturated carbocycles. The topological polar surface area (TPSA) is 283 Å². The van der Waals surface area contributed by atoms with Crippen molar-refractivity contribution in [2.45, 2.75) is 9.79 Å². The SMILES string of the molecule is COc1cc(-c2ccc(N=Nc3c(S(=O)(=O)[O-])cc4cc(C(=O)[O-])c(O)cc4c3O)c(OC)c2)ccc1N=Nc1cc(S(=O)(=O)[O-])c2ccccc2c1O. The molecule has 6 aromatic carbocycles. The number of phenolic OH excluding ortho intramolecular Hbond substituents is 2.